The van der Waals surface area contributed by atoms with Gasteiger partial charge in [0.1, 0.15) is 10.7 Å². The quantitative estimate of drug-likeness (QED) is 0.739. The molecule has 23 heavy (non-hydrogen) atoms. The van der Waals surface area contributed by atoms with Gasteiger partial charge in [-0.15, -0.1) is 11.3 Å². The predicted octanol–water partition coefficient (Wildman–Crippen LogP) is 3.91. The molecule has 3 aromatic heterocycles. The van der Waals surface area contributed by atoms with E-state index in [0.717, 1.165) is 26.8 Å². The molecular weight excluding hydrogens is 306 g/mol. The summed E-state index contributed by atoms with van der Waals surface area (Å²) in [4.78, 5) is 18.4. The summed E-state index contributed by atoms with van der Waals surface area (Å²) in [5, 5.41) is 8.90. The first-order chi connectivity index (χ1) is 11.1. The minimum absolute atomic E-state index is 0.251. The molecule has 6 heteroatoms. The highest BCUT2D eigenvalue weighted by atomic mass is 32.1. The molecule has 0 bridgehead atoms. The number of rotatable bonds is 4. The Kier molecular flexibility index (Phi) is 4.08. The summed E-state index contributed by atoms with van der Waals surface area (Å²) in [6.07, 6.45) is 5.20. The third-order valence-corrected chi connectivity index (χ3v) is 4.47. The van der Waals surface area contributed by atoms with Gasteiger partial charge >= 0.3 is 0 Å². The van der Waals surface area contributed by atoms with Gasteiger partial charge < -0.3 is 0 Å². The van der Waals surface area contributed by atoms with Crippen LogP contribution in [-0.2, 0) is 0 Å². The van der Waals surface area contributed by atoms with Crippen LogP contribution in [0.25, 0.3) is 21.1 Å². The molecule has 1 N–H and O–H groups in total. The molecule has 0 amide bonds. The average Bonchev–Trinajstić information content (AvgIpc) is 2.97. The van der Waals surface area contributed by atoms with E-state index in [1.807, 2.05) is 25.1 Å². The van der Waals surface area contributed by atoms with Crippen LogP contribution in [0.3, 0.4) is 0 Å². The smallest absolute Gasteiger partial charge is 0.178 e. The van der Waals surface area contributed by atoms with Gasteiger partial charge in [0.25, 0.3) is 0 Å². The van der Waals surface area contributed by atoms with Gasteiger partial charge in [0.2, 0.25) is 0 Å². The Morgan fingerprint density at radius 1 is 1.22 bits per heavy atom. The number of nitrogens with one attached hydrogen (secondary N) is 1. The molecule has 0 aromatic carbocycles. The van der Waals surface area contributed by atoms with E-state index in [1.165, 1.54) is 0 Å². The molecule has 3 rings (SSSR count). The number of aromatic nitrogens is 4. The van der Waals surface area contributed by atoms with E-state index in [9.17, 15) is 0 Å². The van der Waals surface area contributed by atoms with Crippen LogP contribution in [0.15, 0.2) is 48.9 Å². The lowest BCUT2D eigenvalue weighted by Crippen LogP contribution is -2.06. The van der Waals surface area contributed by atoms with Gasteiger partial charge in [0, 0.05) is 24.2 Å². The summed E-state index contributed by atoms with van der Waals surface area (Å²) in [7, 11) is 0. The number of pyridine rings is 1. The maximum atomic E-state index is 7.99. The van der Waals surface area contributed by atoms with Gasteiger partial charge in [0.05, 0.1) is 16.3 Å². The molecule has 0 aliphatic heterocycles. The van der Waals surface area contributed by atoms with Crippen LogP contribution in [-0.4, -0.2) is 25.6 Å². The lowest BCUT2D eigenvalue weighted by Gasteiger charge is -2.03. The summed E-state index contributed by atoms with van der Waals surface area (Å²) in [6.45, 7) is 7.50. The van der Waals surface area contributed by atoms with Crippen LogP contribution in [0.1, 0.15) is 18.4 Å². The summed E-state index contributed by atoms with van der Waals surface area (Å²) in [5.74, 6) is 0.380. The Morgan fingerprint density at radius 3 is 2.74 bits per heavy atom. The predicted molar refractivity (Wildman–Crippen MR) is 92.8 cm³/mol. The van der Waals surface area contributed by atoms with E-state index < -0.39 is 0 Å². The second-order valence-corrected chi connectivity index (χ2v) is 6.10. The van der Waals surface area contributed by atoms with Crippen molar-refractivity contribution in [2.24, 2.45) is 0 Å². The third-order valence-electron chi connectivity index (χ3n) is 3.24. The molecular formula is C17H15N5S. The zero-order chi connectivity index (χ0) is 16.4. The topological polar surface area (TPSA) is 75.4 Å². The lowest BCUT2D eigenvalue weighted by molar-refractivity contribution is 1.12. The molecule has 114 valence electrons. The minimum Gasteiger partial charge on any atom is -0.297 e. The average molecular weight is 321 g/mol. The van der Waals surface area contributed by atoms with E-state index in [-0.39, 0.29) is 5.71 Å². The van der Waals surface area contributed by atoms with Gasteiger partial charge in [-0.1, -0.05) is 6.58 Å². The van der Waals surface area contributed by atoms with Crippen molar-refractivity contribution in [1.29, 1.82) is 5.41 Å². The van der Waals surface area contributed by atoms with Crippen molar-refractivity contribution in [3.63, 3.8) is 0 Å². The standard InChI is InChI=1S/C17H15N5S/c1-10(2)14(18)16-20-8-6-13(22-16)15-11(3)21-17(23-15)12-5-4-7-19-9-12/h4-9,18H,1H2,2-3H3. The molecule has 5 nitrogen and oxygen atoms in total. The zero-order valence-electron chi connectivity index (χ0n) is 12.9. The van der Waals surface area contributed by atoms with Crippen molar-refractivity contribution in [3.05, 3.63) is 60.5 Å². The minimum atomic E-state index is 0.251. The first-order valence-corrected chi connectivity index (χ1v) is 7.84. The summed E-state index contributed by atoms with van der Waals surface area (Å²) in [5.41, 5.74) is 3.54. The molecule has 0 fully saturated rings. The van der Waals surface area contributed by atoms with Gasteiger partial charge in [-0.05, 0) is 37.6 Å². The monoisotopic (exact) mass is 321 g/mol. The fourth-order valence-electron chi connectivity index (χ4n) is 2.04. The van der Waals surface area contributed by atoms with Gasteiger partial charge in [-0.2, -0.15) is 0 Å². The number of allylic oxidation sites excluding steroid dienone is 1. The Balaban J connectivity index is 2.03. The van der Waals surface area contributed by atoms with E-state index in [4.69, 9.17) is 5.41 Å². The van der Waals surface area contributed by atoms with Gasteiger partial charge in [0.15, 0.2) is 5.82 Å². The van der Waals surface area contributed by atoms with Crippen molar-refractivity contribution in [2.45, 2.75) is 13.8 Å². The highest BCUT2D eigenvalue weighted by molar-refractivity contribution is 7.18. The molecule has 0 aliphatic carbocycles. The summed E-state index contributed by atoms with van der Waals surface area (Å²) in [6, 6.07) is 5.71. The summed E-state index contributed by atoms with van der Waals surface area (Å²) < 4.78 is 0. The maximum Gasteiger partial charge on any atom is 0.178 e. The first-order valence-electron chi connectivity index (χ1n) is 7.02. The van der Waals surface area contributed by atoms with Crippen molar-refractivity contribution >= 4 is 17.0 Å². The fraction of sp³-hybridized carbons (Fsp3) is 0.118. The second kappa shape index (κ2) is 6.18. The van der Waals surface area contributed by atoms with Gasteiger partial charge in [-0.3, -0.25) is 10.4 Å². The lowest BCUT2D eigenvalue weighted by atomic mass is 10.2. The van der Waals surface area contributed by atoms with E-state index in [2.05, 4.69) is 26.5 Å². The van der Waals surface area contributed by atoms with Crippen molar-refractivity contribution < 1.29 is 0 Å². The highest BCUT2D eigenvalue weighted by Gasteiger charge is 2.14. The Morgan fingerprint density at radius 2 is 2.04 bits per heavy atom. The first kappa shape index (κ1) is 15.2. The number of thiazole rings is 1. The van der Waals surface area contributed by atoms with Crippen LogP contribution >= 0.6 is 11.3 Å². The molecule has 0 spiro atoms. The number of aryl methyl sites for hydroxylation is 1. The van der Waals surface area contributed by atoms with Crippen LogP contribution in [0.5, 0.6) is 0 Å². The van der Waals surface area contributed by atoms with E-state index in [0.29, 0.717) is 11.4 Å². The number of nitrogens with zero attached hydrogens (tertiary/aromatic N) is 4. The number of hydrogen-bond donors (Lipinski definition) is 1. The van der Waals surface area contributed by atoms with E-state index >= 15 is 0 Å². The Bertz CT molecular complexity index is 883. The fourth-order valence-corrected chi connectivity index (χ4v) is 3.07. The van der Waals surface area contributed by atoms with Crippen molar-refractivity contribution in [2.75, 3.05) is 0 Å². The van der Waals surface area contributed by atoms with E-state index in [1.54, 1.807) is 36.9 Å². The van der Waals surface area contributed by atoms with Gasteiger partial charge in [-0.25, -0.2) is 15.0 Å². The van der Waals surface area contributed by atoms with Crippen molar-refractivity contribution in [3.8, 4) is 21.1 Å². The molecule has 3 heterocycles. The van der Waals surface area contributed by atoms with Crippen LogP contribution in [0, 0.1) is 12.3 Å². The maximum absolute atomic E-state index is 7.99. The molecule has 0 saturated carbocycles. The second-order valence-electron chi connectivity index (χ2n) is 5.10. The zero-order valence-corrected chi connectivity index (χ0v) is 13.7. The molecule has 3 aromatic rings. The third kappa shape index (κ3) is 3.07. The normalized spacial score (nSPS) is 10.5. The Hall–Kier alpha value is -2.73. The Labute approximate surface area is 138 Å². The largest absolute Gasteiger partial charge is 0.297 e. The highest BCUT2D eigenvalue weighted by Crippen LogP contribution is 2.33. The van der Waals surface area contributed by atoms with Crippen LogP contribution in [0.2, 0.25) is 0 Å². The molecule has 0 saturated heterocycles. The SMILES string of the molecule is C=C(C)C(=N)c1nccc(-c2sc(-c3cccnc3)nc2C)n1. The van der Waals surface area contributed by atoms with Crippen molar-refractivity contribution in [1.82, 2.24) is 19.9 Å². The molecule has 0 unspecified atom stereocenters. The molecule has 0 aliphatic rings. The molecule has 0 radical (unpaired) electrons. The molecule has 0 atom stereocenters. The van der Waals surface area contributed by atoms with Crippen LogP contribution in [0.4, 0.5) is 0 Å². The van der Waals surface area contributed by atoms with Crippen LogP contribution < -0.4 is 0 Å². The summed E-state index contributed by atoms with van der Waals surface area (Å²) >= 11 is 1.56. The number of hydrogen-bond acceptors (Lipinski definition) is 6.